The summed E-state index contributed by atoms with van der Waals surface area (Å²) in [5.74, 6) is -1.23. The number of benzene rings is 1. The van der Waals surface area contributed by atoms with Gasteiger partial charge in [-0.25, -0.2) is 18.7 Å². The normalized spacial score (nSPS) is 10.8. The van der Waals surface area contributed by atoms with Crippen molar-refractivity contribution >= 4 is 22.7 Å². The fourth-order valence-corrected chi connectivity index (χ4v) is 3.02. The van der Waals surface area contributed by atoms with Gasteiger partial charge >= 0.3 is 0 Å². The van der Waals surface area contributed by atoms with E-state index in [1.54, 1.807) is 23.2 Å². The van der Waals surface area contributed by atoms with Crippen molar-refractivity contribution in [2.75, 3.05) is 0 Å². The van der Waals surface area contributed by atoms with Gasteiger partial charge in [-0.3, -0.25) is 0 Å². The highest BCUT2D eigenvalue weighted by molar-refractivity contribution is 7.14. The van der Waals surface area contributed by atoms with Crippen LogP contribution in [0, 0.1) is 11.6 Å². The third kappa shape index (κ3) is 1.93. The molecule has 3 rings (SSSR count). The minimum atomic E-state index is -0.616. The molecular weight excluding hydrogens is 274 g/mol. The zero-order valence-electron chi connectivity index (χ0n) is 8.93. The Hall–Kier alpha value is -1.66. The highest BCUT2D eigenvalue weighted by Crippen LogP contribution is 2.36. The van der Waals surface area contributed by atoms with Gasteiger partial charge in [0.05, 0.1) is 5.56 Å². The van der Waals surface area contributed by atoms with Crippen LogP contribution in [0.15, 0.2) is 35.3 Å². The molecule has 1 aromatic carbocycles. The van der Waals surface area contributed by atoms with Crippen LogP contribution in [0.3, 0.4) is 0 Å². The molecule has 0 aliphatic heterocycles. The van der Waals surface area contributed by atoms with Crippen molar-refractivity contribution < 1.29 is 8.78 Å². The highest BCUT2D eigenvalue weighted by Gasteiger charge is 2.18. The monoisotopic (exact) mass is 280 g/mol. The van der Waals surface area contributed by atoms with Crippen molar-refractivity contribution in [3.8, 4) is 21.1 Å². The molecule has 3 aromatic rings. The van der Waals surface area contributed by atoms with E-state index >= 15 is 0 Å². The Kier molecular flexibility index (Phi) is 2.89. The van der Waals surface area contributed by atoms with Crippen LogP contribution >= 0.6 is 22.7 Å². The second-order valence-electron chi connectivity index (χ2n) is 3.48. The van der Waals surface area contributed by atoms with E-state index in [1.807, 2.05) is 0 Å². The zero-order valence-corrected chi connectivity index (χ0v) is 10.6. The molecule has 0 saturated heterocycles. The molecule has 0 fully saturated rings. The summed E-state index contributed by atoms with van der Waals surface area (Å²) in [7, 11) is 0. The molecule has 18 heavy (non-hydrogen) atoms. The number of hydrogen-bond donors (Lipinski definition) is 0. The van der Waals surface area contributed by atoms with Crippen LogP contribution in [0.25, 0.3) is 21.1 Å². The second kappa shape index (κ2) is 4.55. The summed E-state index contributed by atoms with van der Waals surface area (Å²) >= 11 is 2.65. The van der Waals surface area contributed by atoms with Crippen molar-refractivity contribution in [3.05, 3.63) is 46.9 Å². The lowest BCUT2D eigenvalue weighted by Crippen LogP contribution is -1.91. The average Bonchev–Trinajstić information content (AvgIpc) is 3.01. The van der Waals surface area contributed by atoms with E-state index in [0.717, 1.165) is 6.07 Å². The first-order valence-electron chi connectivity index (χ1n) is 5.04. The van der Waals surface area contributed by atoms with Gasteiger partial charge in [-0.1, -0.05) is 0 Å². The lowest BCUT2D eigenvalue weighted by atomic mass is 10.1. The van der Waals surface area contributed by atoms with Gasteiger partial charge in [-0.15, -0.1) is 22.7 Å². The number of rotatable bonds is 2. The first kappa shape index (κ1) is 11.4. The van der Waals surface area contributed by atoms with Crippen LogP contribution in [0.4, 0.5) is 8.78 Å². The van der Waals surface area contributed by atoms with Crippen LogP contribution in [-0.4, -0.2) is 9.97 Å². The SMILES string of the molecule is Fc1cc(F)c(-c2nccs2)c(-c2nccs2)c1. The summed E-state index contributed by atoms with van der Waals surface area (Å²) in [6, 6.07) is 2.16. The van der Waals surface area contributed by atoms with E-state index in [2.05, 4.69) is 9.97 Å². The zero-order chi connectivity index (χ0) is 12.5. The molecule has 0 aliphatic carbocycles. The summed E-state index contributed by atoms with van der Waals surface area (Å²) in [6.45, 7) is 0. The Morgan fingerprint density at radius 1 is 0.889 bits per heavy atom. The molecule has 2 nitrogen and oxygen atoms in total. The van der Waals surface area contributed by atoms with Crippen molar-refractivity contribution in [2.24, 2.45) is 0 Å². The molecule has 0 bridgehead atoms. The third-order valence-electron chi connectivity index (χ3n) is 2.36. The predicted octanol–water partition coefficient (Wildman–Crippen LogP) is 4.21. The number of thiazole rings is 2. The van der Waals surface area contributed by atoms with E-state index in [-0.39, 0.29) is 0 Å². The maximum atomic E-state index is 14.0. The maximum absolute atomic E-state index is 14.0. The molecule has 0 amide bonds. The van der Waals surface area contributed by atoms with Crippen LogP contribution in [-0.2, 0) is 0 Å². The fourth-order valence-electron chi connectivity index (χ4n) is 1.66. The van der Waals surface area contributed by atoms with Crippen LogP contribution in [0.2, 0.25) is 0 Å². The van der Waals surface area contributed by atoms with Crippen molar-refractivity contribution in [3.63, 3.8) is 0 Å². The topological polar surface area (TPSA) is 25.8 Å². The standard InChI is InChI=1S/C12H6F2N2S2/c13-7-5-8(11-15-1-3-17-11)10(9(14)6-7)12-16-2-4-18-12/h1-6H. The van der Waals surface area contributed by atoms with Gasteiger partial charge in [-0.2, -0.15) is 0 Å². The molecule has 0 atom stereocenters. The van der Waals surface area contributed by atoms with Crippen molar-refractivity contribution in [1.29, 1.82) is 0 Å². The number of aromatic nitrogens is 2. The molecule has 0 aliphatic rings. The van der Waals surface area contributed by atoms with E-state index in [1.165, 1.54) is 28.7 Å². The first-order chi connectivity index (χ1) is 8.75. The molecule has 0 spiro atoms. The van der Waals surface area contributed by atoms with Crippen molar-refractivity contribution in [2.45, 2.75) is 0 Å². The van der Waals surface area contributed by atoms with E-state index in [4.69, 9.17) is 0 Å². The largest absolute Gasteiger partial charge is 0.245 e. The summed E-state index contributed by atoms with van der Waals surface area (Å²) < 4.78 is 27.3. The second-order valence-corrected chi connectivity index (χ2v) is 5.27. The minimum absolute atomic E-state index is 0.307. The molecule has 6 heteroatoms. The lowest BCUT2D eigenvalue weighted by molar-refractivity contribution is 0.586. The third-order valence-corrected chi connectivity index (χ3v) is 3.96. The Morgan fingerprint density at radius 2 is 1.56 bits per heavy atom. The van der Waals surface area contributed by atoms with Gasteiger partial charge in [0.1, 0.15) is 21.6 Å². The number of hydrogen-bond acceptors (Lipinski definition) is 4. The summed E-state index contributed by atoms with van der Waals surface area (Å²) in [5.41, 5.74) is 0.749. The van der Waals surface area contributed by atoms with E-state index in [9.17, 15) is 8.78 Å². The molecule has 0 N–H and O–H groups in total. The maximum Gasteiger partial charge on any atom is 0.137 e. The summed E-state index contributed by atoms with van der Waals surface area (Å²) in [4.78, 5) is 8.18. The van der Waals surface area contributed by atoms with Crippen LogP contribution in [0.1, 0.15) is 0 Å². The first-order valence-corrected chi connectivity index (χ1v) is 6.80. The fraction of sp³-hybridized carbons (Fsp3) is 0. The van der Waals surface area contributed by atoms with E-state index < -0.39 is 11.6 Å². The van der Waals surface area contributed by atoms with E-state index in [0.29, 0.717) is 21.1 Å². The predicted molar refractivity (Wildman–Crippen MR) is 68.6 cm³/mol. The number of halogens is 2. The van der Waals surface area contributed by atoms with Gasteiger partial charge in [0.15, 0.2) is 0 Å². The van der Waals surface area contributed by atoms with Gasteiger partial charge in [0.2, 0.25) is 0 Å². The van der Waals surface area contributed by atoms with Gasteiger partial charge < -0.3 is 0 Å². The molecule has 0 unspecified atom stereocenters. The average molecular weight is 280 g/mol. The van der Waals surface area contributed by atoms with Gasteiger partial charge in [0.25, 0.3) is 0 Å². The Morgan fingerprint density at radius 3 is 2.17 bits per heavy atom. The molecule has 0 saturated carbocycles. The van der Waals surface area contributed by atoms with Gasteiger partial charge in [-0.05, 0) is 6.07 Å². The molecule has 0 radical (unpaired) electrons. The number of nitrogens with zero attached hydrogens (tertiary/aromatic N) is 2. The van der Waals surface area contributed by atoms with Crippen LogP contribution < -0.4 is 0 Å². The summed E-state index contributed by atoms with van der Waals surface area (Å²) in [6.07, 6.45) is 3.20. The summed E-state index contributed by atoms with van der Waals surface area (Å²) in [5, 5.41) is 4.63. The Bertz CT molecular complexity index is 664. The molecule has 90 valence electrons. The lowest BCUT2D eigenvalue weighted by Gasteiger charge is -2.06. The Balaban J connectivity index is 2.30. The smallest absolute Gasteiger partial charge is 0.137 e. The van der Waals surface area contributed by atoms with Gasteiger partial charge in [0, 0.05) is 34.8 Å². The molecular formula is C12H6F2N2S2. The highest BCUT2D eigenvalue weighted by atomic mass is 32.1. The molecule has 2 heterocycles. The Labute approximate surface area is 110 Å². The van der Waals surface area contributed by atoms with Crippen molar-refractivity contribution in [1.82, 2.24) is 9.97 Å². The van der Waals surface area contributed by atoms with Crippen LogP contribution in [0.5, 0.6) is 0 Å². The molecule has 2 aromatic heterocycles. The minimum Gasteiger partial charge on any atom is -0.245 e. The quantitative estimate of drug-likeness (QED) is 0.702.